The molecular formula is C18H15IN2O4. The third-order valence-corrected chi connectivity index (χ3v) is 4.57. The molecule has 0 saturated carbocycles. The number of carboxylic acids is 1. The van der Waals surface area contributed by atoms with Gasteiger partial charge in [0.25, 0.3) is 11.8 Å². The zero-order chi connectivity index (χ0) is 18.0. The molecule has 3 rings (SSSR count). The van der Waals surface area contributed by atoms with Gasteiger partial charge in [0, 0.05) is 15.8 Å². The van der Waals surface area contributed by atoms with E-state index < -0.39 is 5.97 Å². The number of hydrogen-bond donors (Lipinski definition) is 1. The van der Waals surface area contributed by atoms with Gasteiger partial charge in [-0.1, -0.05) is 18.2 Å². The number of nitrogens with zero attached hydrogens (tertiary/aromatic N) is 2. The number of carboxylic acid groups (broad SMARTS) is 1. The molecule has 1 heterocycles. The summed E-state index contributed by atoms with van der Waals surface area (Å²) in [7, 11) is 0. The number of hydrogen-bond acceptors (Lipinski definition) is 3. The Bertz CT molecular complexity index is 838. The van der Waals surface area contributed by atoms with Crippen molar-refractivity contribution in [1.29, 1.82) is 0 Å². The molecular weight excluding hydrogens is 435 g/mol. The molecule has 0 spiro atoms. The zero-order valence-electron chi connectivity index (χ0n) is 13.2. The van der Waals surface area contributed by atoms with Crippen molar-refractivity contribution in [3.05, 3.63) is 57.7 Å². The van der Waals surface area contributed by atoms with Crippen LogP contribution in [0.15, 0.2) is 48.5 Å². The smallest absolute Gasteiger partial charge is 0.305 e. The van der Waals surface area contributed by atoms with E-state index in [0.717, 1.165) is 3.57 Å². The maximum absolute atomic E-state index is 12.9. The molecule has 0 fully saturated rings. The maximum atomic E-state index is 12.9. The van der Waals surface area contributed by atoms with E-state index in [0.29, 0.717) is 16.9 Å². The Hall–Kier alpha value is -2.42. The van der Waals surface area contributed by atoms with Gasteiger partial charge in [-0.15, -0.1) is 0 Å². The summed E-state index contributed by atoms with van der Waals surface area (Å²) in [6, 6.07) is 14.4. The Morgan fingerprint density at radius 3 is 2.52 bits per heavy atom. The van der Waals surface area contributed by atoms with Crippen LogP contribution in [0.5, 0.6) is 0 Å². The number of para-hydroxylation sites is 1. The minimum atomic E-state index is -1.01. The van der Waals surface area contributed by atoms with Crippen LogP contribution in [0.4, 0.5) is 11.4 Å². The molecule has 2 aromatic rings. The summed E-state index contributed by atoms with van der Waals surface area (Å²) in [4.78, 5) is 39.4. The van der Waals surface area contributed by atoms with Gasteiger partial charge in [-0.05, 0) is 52.9 Å². The summed E-state index contributed by atoms with van der Waals surface area (Å²) in [5, 5.41) is 8.90. The Kier molecular flexibility index (Phi) is 5.03. The molecule has 0 unspecified atom stereocenters. The minimum absolute atomic E-state index is 0.00650. The van der Waals surface area contributed by atoms with E-state index in [2.05, 4.69) is 22.6 Å². The molecule has 1 N–H and O–H groups in total. The fourth-order valence-corrected chi connectivity index (χ4v) is 3.25. The lowest BCUT2D eigenvalue weighted by molar-refractivity contribution is -0.137. The minimum Gasteiger partial charge on any atom is -0.481 e. The Morgan fingerprint density at radius 1 is 1.12 bits per heavy atom. The van der Waals surface area contributed by atoms with E-state index in [9.17, 15) is 14.4 Å². The second-order valence-corrected chi connectivity index (χ2v) is 6.84. The molecule has 0 radical (unpaired) electrons. The van der Waals surface area contributed by atoms with Gasteiger partial charge in [-0.2, -0.15) is 0 Å². The molecule has 0 saturated heterocycles. The van der Waals surface area contributed by atoms with Gasteiger partial charge < -0.3 is 10.0 Å². The van der Waals surface area contributed by atoms with E-state index in [1.807, 2.05) is 24.3 Å². The van der Waals surface area contributed by atoms with Crippen LogP contribution in [0, 0.1) is 3.57 Å². The molecule has 0 atom stereocenters. The fourth-order valence-electron chi connectivity index (χ4n) is 2.76. The molecule has 7 heteroatoms. The molecule has 0 bridgehead atoms. The van der Waals surface area contributed by atoms with E-state index >= 15 is 0 Å². The highest BCUT2D eigenvalue weighted by Crippen LogP contribution is 2.33. The third kappa shape index (κ3) is 3.65. The van der Waals surface area contributed by atoms with Gasteiger partial charge in [0.2, 0.25) is 0 Å². The standard InChI is InChI=1S/C18H15IN2O4/c19-12-6-7-15-14(10-12)18(25)20(9-8-17(23)24)11-16(22)21(15)13-4-2-1-3-5-13/h1-7,10H,8-9,11H2,(H,23,24). The van der Waals surface area contributed by atoms with Crippen molar-refractivity contribution in [2.24, 2.45) is 0 Å². The van der Waals surface area contributed by atoms with Gasteiger partial charge in [0.1, 0.15) is 6.54 Å². The zero-order valence-corrected chi connectivity index (χ0v) is 15.3. The van der Waals surface area contributed by atoms with E-state index in [-0.39, 0.29) is 31.3 Å². The highest BCUT2D eigenvalue weighted by Gasteiger charge is 2.32. The lowest BCUT2D eigenvalue weighted by atomic mass is 10.1. The molecule has 2 aromatic carbocycles. The van der Waals surface area contributed by atoms with Crippen molar-refractivity contribution >= 4 is 51.7 Å². The van der Waals surface area contributed by atoms with Crippen LogP contribution >= 0.6 is 22.6 Å². The van der Waals surface area contributed by atoms with E-state index in [1.165, 1.54) is 9.80 Å². The lowest BCUT2D eigenvalue weighted by Gasteiger charge is -2.22. The van der Waals surface area contributed by atoms with Crippen LogP contribution in [0.2, 0.25) is 0 Å². The SMILES string of the molecule is O=C(O)CCN1CC(=O)N(c2ccccc2)c2ccc(I)cc2C1=O. The number of anilines is 2. The summed E-state index contributed by atoms with van der Waals surface area (Å²) >= 11 is 2.11. The number of aliphatic carboxylic acids is 1. The Labute approximate surface area is 158 Å². The van der Waals surface area contributed by atoms with Crippen molar-refractivity contribution < 1.29 is 19.5 Å². The number of carbonyl (C=O) groups excluding carboxylic acids is 2. The second kappa shape index (κ2) is 7.22. The number of benzene rings is 2. The molecule has 6 nitrogen and oxygen atoms in total. The summed E-state index contributed by atoms with van der Waals surface area (Å²) in [5.41, 5.74) is 1.58. The normalized spacial score (nSPS) is 14.3. The van der Waals surface area contributed by atoms with Crippen LogP contribution < -0.4 is 4.90 Å². The average molecular weight is 450 g/mol. The molecule has 0 aliphatic carbocycles. The van der Waals surface area contributed by atoms with Crippen LogP contribution in [0.3, 0.4) is 0 Å². The molecule has 1 aliphatic heterocycles. The summed E-state index contributed by atoms with van der Waals surface area (Å²) < 4.78 is 0.866. The largest absolute Gasteiger partial charge is 0.481 e. The van der Waals surface area contributed by atoms with Crippen molar-refractivity contribution in [2.45, 2.75) is 6.42 Å². The van der Waals surface area contributed by atoms with Crippen molar-refractivity contribution in [1.82, 2.24) is 4.90 Å². The van der Waals surface area contributed by atoms with Gasteiger partial charge in [-0.25, -0.2) is 0 Å². The summed E-state index contributed by atoms with van der Waals surface area (Å²) in [5.74, 6) is -1.61. The lowest BCUT2D eigenvalue weighted by Crippen LogP contribution is -2.38. The van der Waals surface area contributed by atoms with Crippen molar-refractivity contribution in [3.63, 3.8) is 0 Å². The number of amides is 2. The average Bonchev–Trinajstić information content (AvgIpc) is 2.69. The second-order valence-electron chi connectivity index (χ2n) is 5.60. The van der Waals surface area contributed by atoms with Crippen LogP contribution in [0.25, 0.3) is 0 Å². The van der Waals surface area contributed by atoms with Gasteiger partial charge in [0.05, 0.1) is 17.7 Å². The van der Waals surface area contributed by atoms with Gasteiger partial charge in [-0.3, -0.25) is 19.3 Å². The topological polar surface area (TPSA) is 77.9 Å². The van der Waals surface area contributed by atoms with Crippen molar-refractivity contribution in [2.75, 3.05) is 18.0 Å². The number of carbonyl (C=O) groups is 3. The van der Waals surface area contributed by atoms with Crippen LogP contribution in [-0.2, 0) is 9.59 Å². The highest BCUT2D eigenvalue weighted by atomic mass is 127. The first-order valence-corrected chi connectivity index (χ1v) is 8.74. The first-order valence-electron chi connectivity index (χ1n) is 7.66. The van der Waals surface area contributed by atoms with Gasteiger partial charge >= 0.3 is 5.97 Å². The molecule has 2 amide bonds. The van der Waals surface area contributed by atoms with Crippen LogP contribution in [-0.4, -0.2) is 40.9 Å². The van der Waals surface area contributed by atoms with Crippen LogP contribution in [0.1, 0.15) is 16.8 Å². The number of halogens is 1. The predicted molar refractivity (Wildman–Crippen MR) is 101 cm³/mol. The summed E-state index contributed by atoms with van der Waals surface area (Å²) in [6.07, 6.45) is -0.205. The van der Waals surface area contributed by atoms with E-state index in [4.69, 9.17) is 5.11 Å². The molecule has 128 valence electrons. The Morgan fingerprint density at radius 2 is 1.84 bits per heavy atom. The molecule has 0 aromatic heterocycles. The fraction of sp³-hybridized carbons (Fsp3) is 0.167. The highest BCUT2D eigenvalue weighted by molar-refractivity contribution is 14.1. The first-order chi connectivity index (χ1) is 12.0. The quantitative estimate of drug-likeness (QED) is 0.727. The number of fused-ring (bicyclic) bond motifs is 1. The van der Waals surface area contributed by atoms with Crippen molar-refractivity contribution in [3.8, 4) is 0 Å². The molecule has 1 aliphatic rings. The van der Waals surface area contributed by atoms with E-state index in [1.54, 1.807) is 24.3 Å². The predicted octanol–water partition coefficient (Wildman–Crippen LogP) is 2.89. The third-order valence-electron chi connectivity index (χ3n) is 3.90. The summed E-state index contributed by atoms with van der Waals surface area (Å²) in [6.45, 7) is -0.167. The Balaban J connectivity index is 2.09. The molecule has 25 heavy (non-hydrogen) atoms. The number of rotatable bonds is 4. The van der Waals surface area contributed by atoms with Gasteiger partial charge in [0.15, 0.2) is 0 Å². The first kappa shape index (κ1) is 17.4. The maximum Gasteiger partial charge on any atom is 0.305 e. The monoisotopic (exact) mass is 450 g/mol.